The predicted octanol–water partition coefficient (Wildman–Crippen LogP) is 1.27. The summed E-state index contributed by atoms with van der Waals surface area (Å²) in [7, 11) is 3.18. The number of hydrogen-bond acceptors (Lipinski definition) is 4. The van der Waals surface area contributed by atoms with Crippen LogP contribution in [0, 0.1) is 5.82 Å². The molecule has 0 unspecified atom stereocenters. The molecule has 0 aliphatic rings. The third kappa shape index (κ3) is 2.70. The Morgan fingerprint density at radius 1 is 1.53 bits per heavy atom. The SMILES string of the molecule is CN(Cc1nnnn1C)C(=O)c1c(F)cccc1Cl. The number of rotatable bonds is 3. The van der Waals surface area contributed by atoms with Gasteiger partial charge in [-0.25, -0.2) is 9.07 Å². The summed E-state index contributed by atoms with van der Waals surface area (Å²) >= 11 is 5.85. The molecule has 0 atom stereocenters. The van der Waals surface area contributed by atoms with Crippen LogP contribution in [0.1, 0.15) is 16.2 Å². The zero-order valence-corrected chi connectivity index (χ0v) is 11.1. The fourth-order valence-corrected chi connectivity index (χ4v) is 1.80. The van der Waals surface area contributed by atoms with E-state index in [1.165, 1.54) is 34.8 Å². The van der Waals surface area contributed by atoms with Gasteiger partial charge in [0.25, 0.3) is 5.91 Å². The number of hydrogen-bond donors (Lipinski definition) is 0. The third-order valence-electron chi connectivity index (χ3n) is 2.61. The van der Waals surface area contributed by atoms with Crippen LogP contribution in [0.5, 0.6) is 0 Å². The zero-order valence-electron chi connectivity index (χ0n) is 10.3. The lowest BCUT2D eigenvalue weighted by Crippen LogP contribution is -2.28. The van der Waals surface area contributed by atoms with E-state index in [-0.39, 0.29) is 17.1 Å². The van der Waals surface area contributed by atoms with Crippen LogP contribution >= 0.6 is 11.6 Å². The molecule has 2 rings (SSSR count). The summed E-state index contributed by atoms with van der Waals surface area (Å²) in [5.74, 6) is -0.685. The molecule has 100 valence electrons. The zero-order chi connectivity index (χ0) is 14.0. The van der Waals surface area contributed by atoms with Crippen molar-refractivity contribution in [3.8, 4) is 0 Å². The first-order chi connectivity index (χ1) is 9.00. The van der Waals surface area contributed by atoms with Crippen LogP contribution < -0.4 is 0 Å². The molecule has 6 nitrogen and oxygen atoms in total. The molecule has 1 amide bonds. The Labute approximate surface area is 113 Å². The van der Waals surface area contributed by atoms with Gasteiger partial charge in [0.1, 0.15) is 5.82 Å². The highest BCUT2D eigenvalue weighted by atomic mass is 35.5. The van der Waals surface area contributed by atoms with Crippen molar-refractivity contribution in [2.24, 2.45) is 7.05 Å². The summed E-state index contributed by atoms with van der Waals surface area (Å²) in [6.45, 7) is 0.160. The van der Waals surface area contributed by atoms with Crippen molar-refractivity contribution in [3.05, 3.63) is 40.4 Å². The minimum absolute atomic E-state index is 0.0768. The lowest BCUT2D eigenvalue weighted by molar-refractivity contribution is 0.0775. The molecule has 0 fully saturated rings. The van der Waals surface area contributed by atoms with Gasteiger partial charge in [-0.15, -0.1) is 5.10 Å². The molecule has 0 spiro atoms. The average molecular weight is 284 g/mol. The molecule has 0 bridgehead atoms. The quantitative estimate of drug-likeness (QED) is 0.851. The Hall–Kier alpha value is -2.02. The van der Waals surface area contributed by atoms with Crippen molar-refractivity contribution < 1.29 is 9.18 Å². The number of aromatic nitrogens is 4. The first-order valence-corrected chi connectivity index (χ1v) is 5.79. The van der Waals surface area contributed by atoms with E-state index in [0.29, 0.717) is 5.82 Å². The summed E-state index contributed by atoms with van der Waals surface area (Å²) in [4.78, 5) is 13.4. The van der Waals surface area contributed by atoms with E-state index in [0.717, 1.165) is 0 Å². The first-order valence-electron chi connectivity index (χ1n) is 5.41. The summed E-state index contributed by atoms with van der Waals surface area (Å²) in [5, 5.41) is 11.0. The lowest BCUT2D eigenvalue weighted by atomic mass is 10.2. The fraction of sp³-hybridized carbons (Fsp3) is 0.273. The maximum absolute atomic E-state index is 13.6. The van der Waals surface area contributed by atoms with Crippen LogP contribution in [0.3, 0.4) is 0 Å². The molecular formula is C11H11ClFN5O. The van der Waals surface area contributed by atoms with Gasteiger partial charge < -0.3 is 4.90 Å². The van der Waals surface area contributed by atoms with Gasteiger partial charge in [-0.3, -0.25) is 4.79 Å². The molecule has 1 heterocycles. The molecule has 0 radical (unpaired) electrons. The van der Waals surface area contributed by atoms with Crippen LogP contribution in [-0.2, 0) is 13.6 Å². The molecule has 0 aliphatic heterocycles. The van der Waals surface area contributed by atoms with Gasteiger partial charge in [0.05, 0.1) is 17.1 Å². The van der Waals surface area contributed by atoms with Gasteiger partial charge in [0.15, 0.2) is 5.82 Å². The maximum atomic E-state index is 13.6. The van der Waals surface area contributed by atoms with Crippen molar-refractivity contribution in [1.29, 1.82) is 0 Å². The van der Waals surface area contributed by atoms with Gasteiger partial charge in [-0.1, -0.05) is 17.7 Å². The Morgan fingerprint density at radius 3 is 2.84 bits per heavy atom. The topological polar surface area (TPSA) is 63.9 Å². The molecule has 8 heteroatoms. The smallest absolute Gasteiger partial charge is 0.258 e. The average Bonchev–Trinajstić information content (AvgIpc) is 2.74. The molecule has 19 heavy (non-hydrogen) atoms. The molecule has 1 aromatic carbocycles. The Morgan fingerprint density at radius 2 is 2.26 bits per heavy atom. The van der Waals surface area contributed by atoms with E-state index in [1.54, 1.807) is 7.05 Å². The number of halogens is 2. The summed E-state index contributed by atoms with van der Waals surface area (Å²) < 4.78 is 15.1. The summed E-state index contributed by atoms with van der Waals surface area (Å²) in [6.07, 6.45) is 0. The lowest BCUT2D eigenvalue weighted by Gasteiger charge is -2.17. The van der Waals surface area contributed by atoms with E-state index in [4.69, 9.17) is 11.6 Å². The summed E-state index contributed by atoms with van der Waals surface area (Å²) in [5.41, 5.74) is -0.151. The highest BCUT2D eigenvalue weighted by molar-refractivity contribution is 6.33. The van der Waals surface area contributed by atoms with E-state index < -0.39 is 11.7 Å². The predicted molar refractivity (Wildman–Crippen MR) is 66.0 cm³/mol. The number of tetrazole rings is 1. The molecular weight excluding hydrogens is 273 g/mol. The Kier molecular flexibility index (Phi) is 3.75. The maximum Gasteiger partial charge on any atom is 0.258 e. The molecule has 0 aliphatic carbocycles. The van der Waals surface area contributed by atoms with Gasteiger partial charge in [-0.05, 0) is 22.6 Å². The van der Waals surface area contributed by atoms with E-state index >= 15 is 0 Å². The second-order valence-electron chi connectivity index (χ2n) is 3.98. The largest absolute Gasteiger partial charge is 0.334 e. The van der Waals surface area contributed by atoms with Crippen molar-refractivity contribution >= 4 is 17.5 Å². The normalized spacial score (nSPS) is 10.5. The first kappa shape index (κ1) is 13.4. The number of nitrogens with zero attached hydrogens (tertiary/aromatic N) is 5. The van der Waals surface area contributed by atoms with E-state index in [2.05, 4.69) is 15.5 Å². The Balaban J connectivity index is 2.22. The molecule has 0 saturated heterocycles. The number of carbonyl (C=O) groups excluding carboxylic acids is 1. The monoisotopic (exact) mass is 283 g/mol. The minimum atomic E-state index is -0.652. The van der Waals surface area contributed by atoms with Crippen molar-refractivity contribution in [2.75, 3.05) is 7.05 Å². The van der Waals surface area contributed by atoms with Crippen LogP contribution in [0.25, 0.3) is 0 Å². The molecule has 2 aromatic rings. The van der Waals surface area contributed by atoms with Gasteiger partial charge >= 0.3 is 0 Å². The number of aryl methyl sites for hydroxylation is 1. The van der Waals surface area contributed by atoms with Crippen LogP contribution in [-0.4, -0.2) is 38.1 Å². The number of carbonyl (C=O) groups is 1. The van der Waals surface area contributed by atoms with Crippen molar-refractivity contribution in [1.82, 2.24) is 25.1 Å². The van der Waals surface area contributed by atoms with Crippen LogP contribution in [0.2, 0.25) is 5.02 Å². The third-order valence-corrected chi connectivity index (χ3v) is 2.92. The van der Waals surface area contributed by atoms with Gasteiger partial charge in [0, 0.05) is 14.1 Å². The number of amides is 1. The highest BCUT2D eigenvalue weighted by Gasteiger charge is 2.20. The van der Waals surface area contributed by atoms with E-state index in [9.17, 15) is 9.18 Å². The molecule has 1 aromatic heterocycles. The second kappa shape index (κ2) is 5.31. The minimum Gasteiger partial charge on any atom is -0.334 e. The highest BCUT2D eigenvalue weighted by Crippen LogP contribution is 2.20. The fourth-order valence-electron chi connectivity index (χ4n) is 1.56. The second-order valence-corrected chi connectivity index (χ2v) is 4.38. The number of benzene rings is 1. The van der Waals surface area contributed by atoms with Crippen LogP contribution in [0.15, 0.2) is 18.2 Å². The van der Waals surface area contributed by atoms with Crippen molar-refractivity contribution in [3.63, 3.8) is 0 Å². The van der Waals surface area contributed by atoms with Gasteiger partial charge in [0.2, 0.25) is 0 Å². The van der Waals surface area contributed by atoms with Gasteiger partial charge in [-0.2, -0.15) is 0 Å². The Bertz CT molecular complexity index is 595. The van der Waals surface area contributed by atoms with Crippen molar-refractivity contribution in [2.45, 2.75) is 6.54 Å². The molecule has 0 saturated carbocycles. The standard InChI is InChI=1S/C11H11ClFN5O/c1-17(6-9-14-15-16-18(9)2)11(19)10-7(12)4-3-5-8(10)13/h3-5H,6H2,1-2H3. The van der Waals surface area contributed by atoms with E-state index in [1.807, 2.05) is 0 Å². The summed E-state index contributed by atoms with van der Waals surface area (Å²) in [6, 6.07) is 4.10. The molecule has 0 N–H and O–H groups in total. The van der Waals surface area contributed by atoms with Crippen LogP contribution in [0.4, 0.5) is 4.39 Å².